The van der Waals surface area contributed by atoms with E-state index in [1.54, 1.807) is 18.2 Å². The van der Waals surface area contributed by atoms with Crippen LogP contribution in [0, 0.1) is 0 Å². The fourth-order valence-electron chi connectivity index (χ4n) is 1.89. The zero-order valence-electron chi connectivity index (χ0n) is 12.1. The molecule has 5 nitrogen and oxygen atoms in total. The molecule has 0 radical (unpaired) electrons. The average Bonchev–Trinajstić information content (AvgIpc) is 2.45. The Kier molecular flexibility index (Phi) is 6.18. The molecule has 0 amide bonds. The number of benzene rings is 1. The summed E-state index contributed by atoms with van der Waals surface area (Å²) in [5.41, 5.74) is 1.12. The molecule has 0 saturated carbocycles. The Balaban J connectivity index is 2.85. The van der Waals surface area contributed by atoms with E-state index in [9.17, 15) is 9.59 Å². The Bertz CT molecular complexity index is 473. The van der Waals surface area contributed by atoms with E-state index in [4.69, 9.17) is 9.84 Å². The smallest absolute Gasteiger partial charge is 0.335 e. The Morgan fingerprint density at radius 3 is 2.65 bits per heavy atom. The highest BCUT2D eigenvalue weighted by atomic mass is 16.5. The van der Waals surface area contributed by atoms with Gasteiger partial charge >= 0.3 is 11.9 Å². The van der Waals surface area contributed by atoms with E-state index >= 15 is 0 Å². The van der Waals surface area contributed by atoms with E-state index < -0.39 is 5.97 Å². The molecule has 0 aliphatic carbocycles. The summed E-state index contributed by atoms with van der Waals surface area (Å²) in [5.74, 6) is -1.24. The van der Waals surface area contributed by atoms with Gasteiger partial charge in [0.25, 0.3) is 0 Å². The second-order valence-corrected chi connectivity index (χ2v) is 4.74. The first kappa shape index (κ1) is 16.2. The van der Waals surface area contributed by atoms with Crippen molar-refractivity contribution in [3.8, 4) is 0 Å². The summed E-state index contributed by atoms with van der Waals surface area (Å²) in [6.07, 6.45) is 0.898. The van der Waals surface area contributed by atoms with Crippen LogP contribution in [0.2, 0.25) is 0 Å². The van der Waals surface area contributed by atoms with Crippen LogP contribution in [-0.4, -0.2) is 41.6 Å². The monoisotopic (exact) mass is 279 g/mol. The second kappa shape index (κ2) is 7.65. The number of carboxylic acids is 1. The van der Waals surface area contributed by atoms with E-state index in [1.165, 1.54) is 7.11 Å². The van der Waals surface area contributed by atoms with Crippen molar-refractivity contribution in [1.29, 1.82) is 0 Å². The van der Waals surface area contributed by atoms with Crippen LogP contribution in [0.15, 0.2) is 24.3 Å². The van der Waals surface area contributed by atoms with Crippen LogP contribution in [0.1, 0.15) is 36.2 Å². The Morgan fingerprint density at radius 1 is 1.40 bits per heavy atom. The third kappa shape index (κ3) is 4.66. The summed E-state index contributed by atoms with van der Waals surface area (Å²) in [6, 6.07) is 6.97. The van der Waals surface area contributed by atoms with Gasteiger partial charge in [-0.3, -0.25) is 9.69 Å². The summed E-state index contributed by atoms with van der Waals surface area (Å²) in [6.45, 7) is 4.79. The molecule has 0 aromatic heterocycles. The largest absolute Gasteiger partial charge is 0.478 e. The molecule has 20 heavy (non-hydrogen) atoms. The van der Waals surface area contributed by atoms with Gasteiger partial charge in [-0.1, -0.05) is 19.1 Å². The molecule has 0 fully saturated rings. The van der Waals surface area contributed by atoms with Crippen molar-refractivity contribution in [1.82, 2.24) is 4.90 Å². The minimum absolute atomic E-state index is 0.197. The maximum Gasteiger partial charge on any atom is 0.335 e. The maximum atomic E-state index is 11.4. The molecular weight excluding hydrogens is 258 g/mol. The number of hydrogen-bond acceptors (Lipinski definition) is 4. The zero-order chi connectivity index (χ0) is 15.1. The van der Waals surface area contributed by atoms with Crippen LogP contribution in [0.4, 0.5) is 0 Å². The van der Waals surface area contributed by atoms with Crippen molar-refractivity contribution in [3.05, 3.63) is 35.4 Å². The molecule has 110 valence electrons. The molecule has 0 spiro atoms. The highest BCUT2D eigenvalue weighted by Gasteiger charge is 2.17. The Labute approximate surface area is 119 Å². The molecule has 1 unspecified atom stereocenters. The summed E-state index contributed by atoms with van der Waals surface area (Å²) < 4.78 is 4.70. The average molecular weight is 279 g/mol. The van der Waals surface area contributed by atoms with Crippen molar-refractivity contribution < 1.29 is 19.4 Å². The van der Waals surface area contributed by atoms with Crippen LogP contribution in [0.5, 0.6) is 0 Å². The van der Waals surface area contributed by atoms with Gasteiger partial charge in [0.05, 0.1) is 19.2 Å². The molecule has 0 heterocycles. The van der Waals surface area contributed by atoms with Gasteiger partial charge in [0, 0.05) is 12.6 Å². The number of hydrogen-bond donors (Lipinski definition) is 1. The summed E-state index contributed by atoms with van der Waals surface area (Å²) in [7, 11) is 1.36. The molecular formula is C15H21NO4. The predicted molar refractivity (Wildman–Crippen MR) is 75.6 cm³/mol. The number of methoxy groups -OCH3 is 1. The minimum Gasteiger partial charge on any atom is -0.478 e. The molecule has 0 bridgehead atoms. The summed E-state index contributed by atoms with van der Waals surface area (Å²) >= 11 is 0. The lowest BCUT2D eigenvalue weighted by atomic mass is 10.1. The summed E-state index contributed by atoms with van der Waals surface area (Å²) in [5, 5.41) is 8.99. The van der Waals surface area contributed by atoms with Gasteiger partial charge in [0.1, 0.15) is 0 Å². The Hall–Kier alpha value is -1.88. The number of nitrogens with zero attached hydrogens (tertiary/aromatic N) is 1. The van der Waals surface area contributed by atoms with Gasteiger partial charge in [0.2, 0.25) is 0 Å². The SMILES string of the molecule is CCC(C)N(CC(=O)OC)Cc1cccc(C(=O)O)c1. The number of rotatable bonds is 7. The topological polar surface area (TPSA) is 66.8 Å². The van der Waals surface area contributed by atoms with Crippen LogP contribution >= 0.6 is 0 Å². The first-order valence-corrected chi connectivity index (χ1v) is 6.61. The fourth-order valence-corrected chi connectivity index (χ4v) is 1.89. The molecule has 0 saturated heterocycles. The summed E-state index contributed by atoms with van der Waals surface area (Å²) in [4.78, 5) is 24.4. The molecule has 1 aromatic carbocycles. The van der Waals surface area contributed by atoms with Crippen molar-refractivity contribution in [3.63, 3.8) is 0 Å². The number of aromatic carboxylic acids is 1. The van der Waals surface area contributed by atoms with Crippen LogP contribution in [0.3, 0.4) is 0 Å². The van der Waals surface area contributed by atoms with Crippen LogP contribution in [0.25, 0.3) is 0 Å². The van der Waals surface area contributed by atoms with Gasteiger partial charge in [0.15, 0.2) is 0 Å². The Morgan fingerprint density at radius 2 is 2.10 bits per heavy atom. The fraction of sp³-hybridized carbons (Fsp3) is 0.467. The number of carbonyl (C=O) groups excluding carboxylic acids is 1. The molecule has 1 aromatic rings. The van der Waals surface area contributed by atoms with E-state index in [2.05, 4.69) is 0 Å². The van der Waals surface area contributed by atoms with E-state index in [0.717, 1.165) is 12.0 Å². The van der Waals surface area contributed by atoms with E-state index in [1.807, 2.05) is 24.8 Å². The minimum atomic E-state index is -0.949. The molecule has 5 heteroatoms. The van der Waals surface area contributed by atoms with Gasteiger partial charge in [-0.2, -0.15) is 0 Å². The number of carboxylic acid groups (broad SMARTS) is 1. The third-order valence-electron chi connectivity index (χ3n) is 3.33. The van der Waals surface area contributed by atoms with Crippen molar-refractivity contribution >= 4 is 11.9 Å². The lowest BCUT2D eigenvalue weighted by molar-refractivity contribution is -0.142. The molecule has 1 atom stereocenters. The number of esters is 1. The van der Waals surface area contributed by atoms with Crippen LogP contribution < -0.4 is 0 Å². The number of ether oxygens (including phenoxy) is 1. The first-order valence-electron chi connectivity index (χ1n) is 6.61. The maximum absolute atomic E-state index is 11.4. The number of carbonyl (C=O) groups is 2. The van der Waals surface area contributed by atoms with Gasteiger partial charge in [-0.15, -0.1) is 0 Å². The zero-order valence-corrected chi connectivity index (χ0v) is 12.1. The lowest BCUT2D eigenvalue weighted by Gasteiger charge is -2.27. The third-order valence-corrected chi connectivity index (χ3v) is 3.33. The first-order chi connectivity index (χ1) is 9.47. The van der Waals surface area contributed by atoms with Crippen molar-refractivity contribution in [2.45, 2.75) is 32.9 Å². The lowest BCUT2D eigenvalue weighted by Crippen LogP contribution is -2.37. The predicted octanol–water partition coefficient (Wildman–Crippen LogP) is 2.16. The normalized spacial score (nSPS) is 12.2. The van der Waals surface area contributed by atoms with Crippen LogP contribution in [-0.2, 0) is 16.1 Å². The van der Waals surface area contributed by atoms with Gasteiger partial charge in [-0.25, -0.2) is 4.79 Å². The second-order valence-electron chi connectivity index (χ2n) is 4.74. The quantitative estimate of drug-likeness (QED) is 0.775. The van der Waals surface area contributed by atoms with E-state index in [0.29, 0.717) is 6.54 Å². The van der Waals surface area contributed by atoms with Gasteiger partial charge in [-0.05, 0) is 31.0 Å². The van der Waals surface area contributed by atoms with E-state index in [-0.39, 0.29) is 24.1 Å². The highest BCUT2D eigenvalue weighted by molar-refractivity contribution is 5.87. The molecule has 0 aliphatic rings. The highest BCUT2D eigenvalue weighted by Crippen LogP contribution is 2.12. The molecule has 1 N–H and O–H groups in total. The van der Waals surface area contributed by atoms with Crippen molar-refractivity contribution in [2.75, 3.05) is 13.7 Å². The standard InChI is InChI=1S/C15H21NO4/c1-4-11(2)16(10-14(17)20-3)9-12-6-5-7-13(8-12)15(18)19/h5-8,11H,4,9-10H2,1-3H3,(H,18,19). The van der Waals surface area contributed by atoms with Crippen molar-refractivity contribution in [2.24, 2.45) is 0 Å². The van der Waals surface area contributed by atoms with Gasteiger partial charge < -0.3 is 9.84 Å². The molecule has 1 rings (SSSR count). The molecule has 0 aliphatic heterocycles.